The molecule has 5 heteroatoms. The zero-order chi connectivity index (χ0) is 11.3. The monoisotopic (exact) mass is 270 g/mol. The molecular formula is C10H11BrN2O2. The SMILES string of the molecule is CCC(=O)Nc1cc(Br)ccc1CN=O. The van der Waals surface area contributed by atoms with Crippen LogP contribution in [0.2, 0.25) is 0 Å². The molecule has 4 nitrogen and oxygen atoms in total. The highest BCUT2D eigenvalue weighted by Crippen LogP contribution is 2.22. The number of carbonyl (C=O) groups excluding carboxylic acids is 1. The first-order chi connectivity index (χ1) is 7.17. The molecule has 0 bridgehead atoms. The van der Waals surface area contributed by atoms with Crippen LogP contribution in [0.1, 0.15) is 18.9 Å². The van der Waals surface area contributed by atoms with Gasteiger partial charge in [0.1, 0.15) is 6.54 Å². The maximum Gasteiger partial charge on any atom is 0.224 e. The number of hydrogen-bond acceptors (Lipinski definition) is 3. The van der Waals surface area contributed by atoms with Crippen LogP contribution >= 0.6 is 15.9 Å². The van der Waals surface area contributed by atoms with Crippen molar-refractivity contribution in [3.05, 3.63) is 33.1 Å². The Morgan fingerprint density at radius 3 is 2.87 bits per heavy atom. The Balaban J connectivity index is 2.95. The minimum atomic E-state index is -0.0831. The molecule has 0 saturated heterocycles. The van der Waals surface area contributed by atoms with Gasteiger partial charge in [-0.2, -0.15) is 4.91 Å². The number of nitrogens with one attached hydrogen (secondary N) is 1. The quantitative estimate of drug-likeness (QED) is 0.855. The average Bonchev–Trinajstić information content (AvgIpc) is 2.22. The van der Waals surface area contributed by atoms with Crippen LogP contribution in [0.25, 0.3) is 0 Å². The van der Waals surface area contributed by atoms with Crippen LogP contribution in [0.4, 0.5) is 5.69 Å². The molecule has 0 spiro atoms. The van der Waals surface area contributed by atoms with E-state index in [2.05, 4.69) is 26.4 Å². The summed E-state index contributed by atoms with van der Waals surface area (Å²) < 4.78 is 0.851. The second kappa shape index (κ2) is 5.60. The standard InChI is InChI=1S/C10H11BrN2O2/c1-2-10(14)13-9-5-8(11)4-3-7(9)6-12-15/h3-5H,2,6H2,1H3,(H,13,14). The average molecular weight is 271 g/mol. The summed E-state index contributed by atoms with van der Waals surface area (Å²) in [6, 6.07) is 5.33. The van der Waals surface area contributed by atoms with Gasteiger partial charge < -0.3 is 5.32 Å². The molecule has 0 aliphatic carbocycles. The number of carbonyl (C=O) groups is 1. The number of nitroso groups, excluding NO2 is 1. The van der Waals surface area contributed by atoms with Gasteiger partial charge in [-0.3, -0.25) is 4.79 Å². The maximum absolute atomic E-state index is 11.2. The van der Waals surface area contributed by atoms with E-state index >= 15 is 0 Å². The van der Waals surface area contributed by atoms with Crippen LogP contribution in [0.5, 0.6) is 0 Å². The predicted octanol–water partition coefficient (Wildman–Crippen LogP) is 3.06. The molecule has 1 aromatic rings. The van der Waals surface area contributed by atoms with E-state index in [1.807, 2.05) is 6.07 Å². The molecule has 0 aromatic heterocycles. The predicted molar refractivity (Wildman–Crippen MR) is 62.6 cm³/mol. The zero-order valence-electron chi connectivity index (χ0n) is 8.29. The first kappa shape index (κ1) is 11.8. The lowest BCUT2D eigenvalue weighted by molar-refractivity contribution is -0.115. The third-order valence-corrected chi connectivity index (χ3v) is 2.40. The normalized spacial score (nSPS) is 9.73. The van der Waals surface area contributed by atoms with Crippen molar-refractivity contribution in [1.29, 1.82) is 0 Å². The number of anilines is 1. The van der Waals surface area contributed by atoms with E-state index in [9.17, 15) is 9.70 Å². The summed E-state index contributed by atoms with van der Waals surface area (Å²) in [6.45, 7) is 1.83. The number of benzene rings is 1. The van der Waals surface area contributed by atoms with E-state index in [1.165, 1.54) is 0 Å². The molecule has 0 saturated carbocycles. The van der Waals surface area contributed by atoms with Crippen molar-refractivity contribution in [1.82, 2.24) is 0 Å². The van der Waals surface area contributed by atoms with Gasteiger partial charge in [0.05, 0.1) is 0 Å². The lowest BCUT2D eigenvalue weighted by Gasteiger charge is -2.08. The van der Waals surface area contributed by atoms with Crippen LogP contribution in [0.15, 0.2) is 27.8 Å². The molecule has 0 aliphatic heterocycles. The fourth-order valence-electron chi connectivity index (χ4n) is 1.11. The van der Waals surface area contributed by atoms with E-state index in [4.69, 9.17) is 0 Å². The molecule has 1 aromatic carbocycles. The summed E-state index contributed by atoms with van der Waals surface area (Å²) in [5.41, 5.74) is 1.35. The fourth-order valence-corrected chi connectivity index (χ4v) is 1.47. The van der Waals surface area contributed by atoms with Gasteiger partial charge in [0.15, 0.2) is 0 Å². The van der Waals surface area contributed by atoms with E-state index in [1.54, 1.807) is 19.1 Å². The minimum absolute atomic E-state index is 0.0621. The van der Waals surface area contributed by atoms with Crippen molar-refractivity contribution in [3.8, 4) is 0 Å². The largest absolute Gasteiger partial charge is 0.326 e. The first-order valence-corrected chi connectivity index (χ1v) is 5.34. The Labute approximate surface area is 96.2 Å². The summed E-state index contributed by atoms with van der Waals surface area (Å²) in [5.74, 6) is -0.0831. The first-order valence-electron chi connectivity index (χ1n) is 4.54. The lowest BCUT2D eigenvalue weighted by atomic mass is 10.2. The molecule has 0 radical (unpaired) electrons. The zero-order valence-corrected chi connectivity index (χ0v) is 9.87. The Hall–Kier alpha value is -1.23. The van der Waals surface area contributed by atoms with Crippen LogP contribution in [0.3, 0.4) is 0 Å². The Bertz CT molecular complexity index is 380. The lowest BCUT2D eigenvalue weighted by Crippen LogP contribution is -2.11. The van der Waals surface area contributed by atoms with Crippen molar-refractivity contribution >= 4 is 27.5 Å². The smallest absolute Gasteiger partial charge is 0.224 e. The topological polar surface area (TPSA) is 58.5 Å². The van der Waals surface area contributed by atoms with Crippen molar-refractivity contribution in [2.75, 3.05) is 5.32 Å². The number of rotatable bonds is 4. The molecule has 0 unspecified atom stereocenters. The number of hydrogen-bond donors (Lipinski definition) is 1. The highest BCUT2D eigenvalue weighted by atomic mass is 79.9. The third kappa shape index (κ3) is 3.43. The second-order valence-corrected chi connectivity index (χ2v) is 3.91. The molecule has 15 heavy (non-hydrogen) atoms. The summed E-state index contributed by atoms with van der Waals surface area (Å²) in [5, 5.41) is 5.53. The second-order valence-electron chi connectivity index (χ2n) is 2.99. The summed E-state index contributed by atoms with van der Waals surface area (Å²) >= 11 is 3.30. The summed E-state index contributed by atoms with van der Waals surface area (Å²) in [6.07, 6.45) is 0.403. The molecular weight excluding hydrogens is 260 g/mol. The molecule has 0 heterocycles. The van der Waals surface area contributed by atoms with Crippen LogP contribution < -0.4 is 5.32 Å². The van der Waals surface area contributed by atoms with Gasteiger partial charge in [0.2, 0.25) is 5.91 Å². The van der Waals surface area contributed by atoms with E-state index in [0.29, 0.717) is 12.1 Å². The van der Waals surface area contributed by atoms with Crippen molar-refractivity contribution < 1.29 is 4.79 Å². The van der Waals surface area contributed by atoms with Crippen LogP contribution in [-0.2, 0) is 11.3 Å². The van der Waals surface area contributed by atoms with Gasteiger partial charge in [-0.05, 0) is 12.1 Å². The molecule has 1 N–H and O–H groups in total. The Morgan fingerprint density at radius 1 is 1.53 bits per heavy atom. The molecule has 0 aliphatic rings. The summed E-state index contributed by atoms with van der Waals surface area (Å²) in [7, 11) is 0. The molecule has 1 amide bonds. The minimum Gasteiger partial charge on any atom is -0.326 e. The highest BCUT2D eigenvalue weighted by Gasteiger charge is 2.06. The molecule has 80 valence electrons. The van der Waals surface area contributed by atoms with E-state index < -0.39 is 0 Å². The third-order valence-electron chi connectivity index (χ3n) is 1.90. The van der Waals surface area contributed by atoms with Crippen LogP contribution in [0, 0.1) is 4.91 Å². The van der Waals surface area contributed by atoms with Crippen LogP contribution in [-0.4, -0.2) is 5.91 Å². The van der Waals surface area contributed by atoms with Crippen molar-refractivity contribution in [3.63, 3.8) is 0 Å². The van der Waals surface area contributed by atoms with Crippen molar-refractivity contribution in [2.45, 2.75) is 19.9 Å². The maximum atomic E-state index is 11.2. The number of nitrogens with zero attached hydrogens (tertiary/aromatic N) is 1. The van der Waals surface area contributed by atoms with Gasteiger partial charge in [-0.25, -0.2) is 0 Å². The summed E-state index contributed by atoms with van der Waals surface area (Å²) in [4.78, 5) is 21.4. The van der Waals surface area contributed by atoms with Gasteiger partial charge >= 0.3 is 0 Å². The fraction of sp³-hybridized carbons (Fsp3) is 0.300. The van der Waals surface area contributed by atoms with Gasteiger partial charge in [-0.15, -0.1) is 0 Å². The Morgan fingerprint density at radius 2 is 2.27 bits per heavy atom. The van der Waals surface area contributed by atoms with Gasteiger partial charge in [0.25, 0.3) is 0 Å². The van der Waals surface area contributed by atoms with Gasteiger partial charge in [0, 0.05) is 22.1 Å². The molecule has 1 rings (SSSR count). The molecule has 0 atom stereocenters. The van der Waals surface area contributed by atoms with Crippen molar-refractivity contribution in [2.24, 2.45) is 5.18 Å². The van der Waals surface area contributed by atoms with E-state index in [-0.39, 0.29) is 12.5 Å². The Kier molecular flexibility index (Phi) is 4.42. The number of halogens is 1. The number of amides is 1. The highest BCUT2D eigenvalue weighted by molar-refractivity contribution is 9.10. The van der Waals surface area contributed by atoms with Gasteiger partial charge in [-0.1, -0.05) is 34.1 Å². The molecule has 0 fully saturated rings. The van der Waals surface area contributed by atoms with E-state index in [0.717, 1.165) is 10.0 Å².